The summed E-state index contributed by atoms with van der Waals surface area (Å²) in [7, 11) is 1.18. The average molecular weight is 1030 g/mol. The van der Waals surface area contributed by atoms with Gasteiger partial charge in [0.1, 0.15) is 19.8 Å². The molecule has 0 radical (unpaired) electrons. The van der Waals surface area contributed by atoms with E-state index >= 15 is 0 Å². The van der Waals surface area contributed by atoms with Crippen LogP contribution < -0.4 is 4.89 Å². The number of carbonyl (C=O) groups excluding carboxylic acids is 2. The number of rotatable bonds is 56. The van der Waals surface area contributed by atoms with E-state index in [-0.39, 0.29) is 32.0 Å². The Hall–Kier alpha value is -2.03. The molecule has 0 amide bonds. The van der Waals surface area contributed by atoms with E-state index in [1.165, 1.54) is 193 Å². The van der Waals surface area contributed by atoms with E-state index in [0.717, 1.165) is 57.8 Å². The predicted octanol–water partition coefficient (Wildman–Crippen LogP) is 18.3. The Morgan fingerprint density at radius 2 is 0.792 bits per heavy atom. The Balaban J connectivity index is 3.73. The Kier molecular flexibility index (Phi) is 52.3. The zero-order valence-corrected chi connectivity index (χ0v) is 48.8. The highest BCUT2D eigenvalue weighted by molar-refractivity contribution is 7.45. The third-order valence-electron chi connectivity index (χ3n) is 13.4. The van der Waals surface area contributed by atoms with Gasteiger partial charge in [-0.15, -0.1) is 0 Å². The molecule has 72 heavy (non-hydrogen) atoms. The van der Waals surface area contributed by atoms with Gasteiger partial charge in [-0.05, 0) is 51.4 Å². The molecule has 2 unspecified atom stereocenters. The SMILES string of the molecule is CC/C=C\C/C=C\C/C=C\C/C=C\CCCCCCCCCCCCCCCCCCCCCCCCCCCCCCC(=O)OC(COC(=O)CCCCCCCCC)COP(=O)([O-])OCC[N+](C)(C)C. The fraction of sp³-hybridized carbons (Fsp3) is 0.839. The number of allylic oxidation sites excluding steroid dienone is 8. The monoisotopic (exact) mass is 1030 g/mol. The first kappa shape index (κ1) is 70.0. The molecular weight excluding hydrogens is 918 g/mol. The zero-order chi connectivity index (χ0) is 52.7. The number of carbonyl (C=O) groups is 2. The molecule has 0 fully saturated rings. The lowest BCUT2D eigenvalue weighted by Crippen LogP contribution is -2.37. The van der Waals surface area contributed by atoms with Gasteiger partial charge >= 0.3 is 11.9 Å². The first-order valence-corrected chi connectivity index (χ1v) is 31.8. The zero-order valence-electron chi connectivity index (χ0n) is 47.9. The van der Waals surface area contributed by atoms with Crippen LogP contribution in [0.25, 0.3) is 0 Å². The number of ether oxygens (including phenoxy) is 2. The summed E-state index contributed by atoms with van der Waals surface area (Å²) >= 11 is 0. The molecule has 10 heteroatoms. The molecule has 0 bridgehead atoms. The van der Waals surface area contributed by atoms with Crippen molar-refractivity contribution in [3.8, 4) is 0 Å². The van der Waals surface area contributed by atoms with Gasteiger partial charge in [-0.25, -0.2) is 0 Å². The summed E-state index contributed by atoms with van der Waals surface area (Å²) in [6.07, 6.45) is 68.1. The second kappa shape index (κ2) is 53.8. The molecule has 0 N–H and O–H groups in total. The first-order valence-electron chi connectivity index (χ1n) is 30.3. The number of phosphoric acid groups is 1. The number of esters is 2. The maximum atomic E-state index is 12.7. The molecule has 0 aliphatic carbocycles. The van der Waals surface area contributed by atoms with Crippen LogP contribution in [0.15, 0.2) is 48.6 Å². The molecule has 0 saturated carbocycles. The van der Waals surface area contributed by atoms with Crippen molar-refractivity contribution < 1.29 is 42.1 Å². The van der Waals surface area contributed by atoms with Crippen molar-refractivity contribution in [1.29, 1.82) is 0 Å². The van der Waals surface area contributed by atoms with Crippen molar-refractivity contribution >= 4 is 19.8 Å². The lowest BCUT2D eigenvalue weighted by Gasteiger charge is -2.28. The standard InChI is InChI=1S/C62H116NO8P/c1-6-8-10-12-14-15-16-17-18-19-20-21-22-23-24-25-26-27-28-29-30-31-32-33-34-35-36-37-38-39-40-41-42-43-44-45-46-47-49-51-53-55-62(65)71-60(59-70-72(66,67)69-57-56-63(3,4)5)58-68-61(64)54-52-50-48-13-11-9-7-2/h8,10,14-15,17-18,20-21,60H,6-7,9,11-13,16,19,22-59H2,1-5H3/b10-8-,15-14-,18-17-,21-20-. The second-order valence-electron chi connectivity index (χ2n) is 21.7. The van der Waals surface area contributed by atoms with Crippen LogP contribution in [0.5, 0.6) is 0 Å². The van der Waals surface area contributed by atoms with Gasteiger partial charge in [0, 0.05) is 12.8 Å². The Labute approximate surface area is 445 Å². The molecule has 9 nitrogen and oxygen atoms in total. The third kappa shape index (κ3) is 57.3. The molecule has 0 heterocycles. The van der Waals surface area contributed by atoms with Crippen molar-refractivity contribution in [3.05, 3.63) is 48.6 Å². The van der Waals surface area contributed by atoms with Gasteiger partial charge in [-0.1, -0.05) is 268 Å². The number of unbranched alkanes of at least 4 members (excludes halogenated alkanes) is 34. The van der Waals surface area contributed by atoms with Crippen molar-refractivity contribution in [2.24, 2.45) is 0 Å². The average Bonchev–Trinajstić information content (AvgIpc) is 3.34. The van der Waals surface area contributed by atoms with Crippen molar-refractivity contribution in [2.75, 3.05) is 47.5 Å². The third-order valence-corrected chi connectivity index (χ3v) is 14.3. The lowest BCUT2D eigenvalue weighted by atomic mass is 10.0. The van der Waals surface area contributed by atoms with E-state index in [0.29, 0.717) is 17.4 Å². The van der Waals surface area contributed by atoms with Gasteiger partial charge < -0.3 is 27.9 Å². The van der Waals surface area contributed by atoms with Crippen LogP contribution in [0.3, 0.4) is 0 Å². The van der Waals surface area contributed by atoms with Crippen molar-refractivity contribution in [1.82, 2.24) is 0 Å². The molecule has 0 spiro atoms. The number of hydrogen-bond acceptors (Lipinski definition) is 8. The highest BCUT2D eigenvalue weighted by atomic mass is 31.2. The second-order valence-corrected chi connectivity index (χ2v) is 23.1. The van der Waals surface area contributed by atoms with Gasteiger partial charge in [0.2, 0.25) is 0 Å². The molecule has 422 valence electrons. The van der Waals surface area contributed by atoms with E-state index in [1.54, 1.807) is 0 Å². The van der Waals surface area contributed by atoms with Crippen LogP contribution in [0, 0.1) is 0 Å². The molecule has 0 aromatic carbocycles. The molecule has 2 atom stereocenters. The summed E-state index contributed by atoms with van der Waals surface area (Å²) in [5.41, 5.74) is 0. The van der Waals surface area contributed by atoms with Gasteiger partial charge in [-0.3, -0.25) is 14.2 Å². The van der Waals surface area contributed by atoms with E-state index in [2.05, 4.69) is 62.5 Å². The number of quaternary nitrogens is 1. The topological polar surface area (TPSA) is 111 Å². The molecule has 0 saturated heterocycles. The Morgan fingerprint density at radius 1 is 0.444 bits per heavy atom. The highest BCUT2D eigenvalue weighted by Crippen LogP contribution is 2.38. The summed E-state index contributed by atoms with van der Waals surface area (Å²) in [5, 5.41) is 0. The van der Waals surface area contributed by atoms with Crippen LogP contribution in [0.1, 0.15) is 284 Å². The summed E-state index contributed by atoms with van der Waals surface area (Å²) in [6.45, 7) is 4.10. The van der Waals surface area contributed by atoms with Crippen LogP contribution in [-0.2, 0) is 32.7 Å². The normalized spacial score (nSPS) is 13.6. The van der Waals surface area contributed by atoms with Crippen molar-refractivity contribution in [2.45, 2.75) is 290 Å². The molecule has 0 aliphatic heterocycles. The minimum atomic E-state index is -4.62. The van der Waals surface area contributed by atoms with E-state index in [4.69, 9.17) is 18.5 Å². The molecule has 0 aliphatic rings. The molecule has 0 aromatic heterocycles. The largest absolute Gasteiger partial charge is 0.756 e. The molecular formula is C62H116NO8P. The van der Waals surface area contributed by atoms with Gasteiger partial charge in [0.05, 0.1) is 27.7 Å². The van der Waals surface area contributed by atoms with Gasteiger partial charge in [0.25, 0.3) is 7.82 Å². The minimum Gasteiger partial charge on any atom is -0.756 e. The Bertz CT molecular complexity index is 1360. The maximum Gasteiger partial charge on any atom is 0.306 e. The fourth-order valence-electron chi connectivity index (χ4n) is 8.71. The van der Waals surface area contributed by atoms with Crippen LogP contribution in [0.2, 0.25) is 0 Å². The Morgan fingerprint density at radius 3 is 1.18 bits per heavy atom. The van der Waals surface area contributed by atoms with Crippen LogP contribution in [0.4, 0.5) is 0 Å². The van der Waals surface area contributed by atoms with E-state index < -0.39 is 26.5 Å². The molecule has 0 rings (SSSR count). The summed E-state index contributed by atoms with van der Waals surface area (Å²) in [6, 6.07) is 0. The lowest BCUT2D eigenvalue weighted by molar-refractivity contribution is -0.870. The highest BCUT2D eigenvalue weighted by Gasteiger charge is 2.22. The maximum absolute atomic E-state index is 12.7. The number of hydrogen-bond donors (Lipinski definition) is 0. The van der Waals surface area contributed by atoms with Crippen LogP contribution in [-0.4, -0.2) is 70.0 Å². The minimum absolute atomic E-state index is 0.0279. The quantitative estimate of drug-likeness (QED) is 0.0195. The molecule has 0 aromatic rings. The first-order chi connectivity index (χ1) is 35.0. The van der Waals surface area contributed by atoms with Gasteiger partial charge in [-0.2, -0.15) is 0 Å². The number of phosphoric ester groups is 1. The van der Waals surface area contributed by atoms with Gasteiger partial charge in [0.15, 0.2) is 6.10 Å². The number of likely N-dealkylation sites (N-methyl/N-ethyl adjacent to an activating group) is 1. The van der Waals surface area contributed by atoms with E-state index in [9.17, 15) is 19.0 Å². The predicted molar refractivity (Wildman–Crippen MR) is 305 cm³/mol. The fourth-order valence-corrected chi connectivity index (χ4v) is 9.44. The van der Waals surface area contributed by atoms with Crippen LogP contribution >= 0.6 is 7.82 Å². The smallest absolute Gasteiger partial charge is 0.306 e. The summed E-state index contributed by atoms with van der Waals surface area (Å²) in [5.74, 6) is -0.828. The van der Waals surface area contributed by atoms with E-state index in [1.807, 2.05) is 21.1 Å². The summed E-state index contributed by atoms with van der Waals surface area (Å²) < 4.78 is 33.9. The number of nitrogens with zero attached hydrogens (tertiary/aromatic N) is 1. The summed E-state index contributed by atoms with van der Waals surface area (Å²) in [4.78, 5) is 37.5. The van der Waals surface area contributed by atoms with Crippen molar-refractivity contribution in [3.63, 3.8) is 0 Å².